The number of ether oxygens (including phenoxy) is 3. The number of hydrogen-bond acceptors (Lipinski definition) is 5. The highest BCUT2D eigenvalue weighted by molar-refractivity contribution is 6.12. The Kier molecular flexibility index (Phi) is 4.85. The minimum Gasteiger partial charge on any atom is -0.452 e. The highest BCUT2D eigenvalue weighted by Crippen LogP contribution is 2.34. The number of allylic oxidation sites excluding steroid dienone is 3. The van der Waals surface area contributed by atoms with Gasteiger partial charge in [0.25, 0.3) is 0 Å². The van der Waals surface area contributed by atoms with E-state index in [-0.39, 0.29) is 11.5 Å². The molecule has 2 heterocycles. The van der Waals surface area contributed by atoms with E-state index >= 15 is 0 Å². The second-order valence-electron chi connectivity index (χ2n) is 6.31. The average Bonchev–Trinajstić information content (AvgIpc) is 3.32. The van der Waals surface area contributed by atoms with Gasteiger partial charge in [-0.15, -0.1) is 0 Å². The van der Waals surface area contributed by atoms with Crippen molar-refractivity contribution in [2.75, 3.05) is 6.61 Å². The Balaban J connectivity index is 1.46. The lowest BCUT2D eigenvalue weighted by molar-refractivity contribution is -0.144. The number of ketones is 1. The Labute approximate surface area is 156 Å². The summed E-state index contributed by atoms with van der Waals surface area (Å²) in [7, 11) is 0. The molecule has 5 heteroatoms. The molecule has 0 aromatic heterocycles. The smallest absolute Gasteiger partial charge is 0.340 e. The molecular formula is C22H18O5. The maximum absolute atomic E-state index is 12.4. The van der Waals surface area contributed by atoms with Gasteiger partial charge < -0.3 is 14.2 Å². The lowest BCUT2D eigenvalue weighted by atomic mass is 10.1. The number of fused-ring (bicyclic) bond motifs is 1. The number of rotatable bonds is 4. The van der Waals surface area contributed by atoms with Crippen LogP contribution in [0, 0.1) is 0 Å². The maximum Gasteiger partial charge on any atom is 0.340 e. The van der Waals surface area contributed by atoms with Crippen molar-refractivity contribution in [3.8, 4) is 11.5 Å². The van der Waals surface area contributed by atoms with Gasteiger partial charge in [-0.05, 0) is 36.6 Å². The second-order valence-corrected chi connectivity index (χ2v) is 6.31. The van der Waals surface area contributed by atoms with Crippen LogP contribution in [0.3, 0.4) is 0 Å². The van der Waals surface area contributed by atoms with E-state index in [9.17, 15) is 9.59 Å². The third-order valence-electron chi connectivity index (χ3n) is 4.39. The SMILES string of the molecule is O=C1/C(=C/C=C/c2ccccc2)Oc2cc(OC(=O)C3CCCO3)ccc21. The van der Waals surface area contributed by atoms with Crippen LogP contribution < -0.4 is 9.47 Å². The van der Waals surface area contributed by atoms with Crippen molar-refractivity contribution >= 4 is 17.8 Å². The fourth-order valence-corrected chi connectivity index (χ4v) is 3.00. The summed E-state index contributed by atoms with van der Waals surface area (Å²) in [6.07, 6.45) is 6.30. The zero-order chi connectivity index (χ0) is 18.6. The van der Waals surface area contributed by atoms with Crippen molar-refractivity contribution in [1.82, 2.24) is 0 Å². The van der Waals surface area contributed by atoms with E-state index in [1.54, 1.807) is 30.4 Å². The van der Waals surface area contributed by atoms with Crippen LogP contribution in [0.2, 0.25) is 0 Å². The first-order valence-electron chi connectivity index (χ1n) is 8.84. The summed E-state index contributed by atoms with van der Waals surface area (Å²) in [6, 6.07) is 14.5. The Hall–Kier alpha value is -3.18. The van der Waals surface area contributed by atoms with Crippen LogP contribution >= 0.6 is 0 Å². The van der Waals surface area contributed by atoms with Gasteiger partial charge in [0.2, 0.25) is 5.78 Å². The summed E-state index contributed by atoms with van der Waals surface area (Å²) in [5.74, 6) is 0.345. The molecule has 0 amide bonds. The molecule has 27 heavy (non-hydrogen) atoms. The molecule has 1 saturated heterocycles. The molecule has 1 unspecified atom stereocenters. The molecule has 2 aromatic rings. The molecule has 0 radical (unpaired) electrons. The maximum atomic E-state index is 12.4. The summed E-state index contributed by atoms with van der Waals surface area (Å²) in [5.41, 5.74) is 1.48. The Bertz CT molecular complexity index is 921. The third kappa shape index (κ3) is 3.83. The van der Waals surface area contributed by atoms with Crippen molar-refractivity contribution in [3.05, 3.63) is 77.6 Å². The van der Waals surface area contributed by atoms with Crippen molar-refractivity contribution in [2.24, 2.45) is 0 Å². The van der Waals surface area contributed by atoms with Gasteiger partial charge in [0.1, 0.15) is 11.5 Å². The summed E-state index contributed by atoms with van der Waals surface area (Å²) in [4.78, 5) is 24.5. The van der Waals surface area contributed by atoms with Crippen LogP contribution in [-0.2, 0) is 9.53 Å². The van der Waals surface area contributed by atoms with Crippen LogP contribution in [0.4, 0.5) is 0 Å². The molecule has 0 spiro atoms. The zero-order valence-corrected chi connectivity index (χ0v) is 14.6. The highest BCUT2D eigenvalue weighted by atomic mass is 16.6. The predicted molar refractivity (Wildman–Crippen MR) is 99.6 cm³/mol. The van der Waals surface area contributed by atoms with Gasteiger partial charge in [0.05, 0.1) is 5.56 Å². The fourth-order valence-electron chi connectivity index (χ4n) is 3.00. The molecule has 2 aliphatic rings. The van der Waals surface area contributed by atoms with Crippen molar-refractivity contribution in [1.29, 1.82) is 0 Å². The zero-order valence-electron chi connectivity index (χ0n) is 14.6. The largest absolute Gasteiger partial charge is 0.452 e. The van der Waals surface area contributed by atoms with Crippen molar-refractivity contribution in [3.63, 3.8) is 0 Å². The molecule has 0 saturated carbocycles. The number of Topliss-reactive ketones (excluding diaryl/α,β-unsaturated/α-hetero) is 1. The van der Waals surface area contributed by atoms with Gasteiger partial charge >= 0.3 is 5.97 Å². The molecule has 1 fully saturated rings. The van der Waals surface area contributed by atoms with Gasteiger partial charge in [-0.2, -0.15) is 0 Å². The first-order valence-corrected chi connectivity index (χ1v) is 8.84. The molecule has 5 nitrogen and oxygen atoms in total. The molecule has 2 aliphatic heterocycles. The molecule has 0 aliphatic carbocycles. The molecule has 1 atom stereocenters. The van der Waals surface area contributed by atoms with Crippen LogP contribution in [0.15, 0.2) is 66.4 Å². The topological polar surface area (TPSA) is 61.8 Å². The molecule has 4 rings (SSSR count). The van der Waals surface area contributed by atoms with E-state index in [1.165, 1.54) is 0 Å². The van der Waals surface area contributed by atoms with E-state index in [1.807, 2.05) is 36.4 Å². The molecule has 0 bridgehead atoms. The van der Waals surface area contributed by atoms with E-state index < -0.39 is 12.1 Å². The lowest BCUT2D eigenvalue weighted by Gasteiger charge is -2.09. The molecule has 136 valence electrons. The van der Waals surface area contributed by atoms with E-state index in [0.717, 1.165) is 12.0 Å². The van der Waals surface area contributed by atoms with Gasteiger partial charge in [-0.3, -0.25) is 4.79 Å². The summed E-state index contributed by atoms with van der Waals surface area (Å²) in [6.45, 7) is 0.576. The predicted octanol–water partition coefficient (Wildman–Crippen LogP) is 3.94. The Morgan fingerprint density at radius 3 is 2.78 bits per heavy atom. The summed E-state index contributed by atoms with van der Waals surface area (Å²) >= 11 is 0. The molecular weight excluding hydrogens is 344 g/mol. The van der Waals surface area contributed by atoms with Crippen LogP contribution in [0.1, 0.15) is 28.8 Å². The summed E-state index contributed by atoms with van der Waals surface area (Å²) < 4.78 is 16.3. The highest BCUT2D eigenvalue weighted by Gasteiger charge is 2.29. The van der Waals surface area contributed by atoms with E-state index in [2.05, 4.69) is 0 Å². The quantitative estimate of drug-likeness (QED) is 0.468. The normalized spacial score (nSPS) is 20.1. The number of esters is 1. The lowest BCUT2D eigenvalue weighted by Crippen LogP contribution is -2.24. The van der Waals surface area contributed by atoms with Crippen LogP contribution in [0.25, 0.3) is 6.08 Å². The number of hydrogen-bond donors (Lipinski definition) is 0. The Morgan fingerprint density at radius 2 is 2.00 bits per heavy atom. The minimum absolute atomic E-state index is 0.195. The standard InChI is InChI=1S/C22H18O5/c23-21-17-12-11-16(26-22(24)19-10-5-13-25-19)14-20(17)27-18(21)9-4-8-15-6-2-1-3-7-15/h1-4,6-9,11-12,14,19H,5,10,13H2/b8-4+,18-9-. The minimum atomic E-state index is -0.514. The van der Waals surface area contributed by atoms with E-state index in [4.69, 9.17) is 14.2 Å². The van der Waals surface area contributed by atoms with Crippen molar-refractivity contribution < 1.29 is 23.8 Å². The number of carbonyl (C=O) groups is 2. The van der Waals surface area contributed by atoms with Gasteiger partial charge in [-0.25, -0.2) is 4.79 Å². The molecule has 0 N–H and O–H groups in total. The monoisotopic (exact) mass is 362 g/mol. The molecule has 2 aromatic carbocycles. The summed E-state index contributed by atoms with van der Waals surface area (Å²) in [5, 5.41) is 0. The van der Waals surface area contributed by atoms with E-state index in [0.29, 0.717) is 30.1 Å². The van der Waals surface area contributed by atoms with Gasteiger partial charge in [0, 0.05) is 12.7 Å². The number of carbonyl (C=O) groups excluding carboxylic acids is 2. The second kappa shape index (κ2) is 7.60. The van der Waals surface area contributed by atoms with Crippen molar-refractivity contribution in [2.45, 2.75) is 18.9 Å². The van der Waals surface area contributed by atoms with Gasteiger partial charge in [-0.1, -0.05) is 42.5 Å². The van der Waals surface area contributed by atoms with Crippen LogP contribution in [0.5, 0.6) is 11.5 Å². The van der Waals surface area contributed by atoms with Gasteiger partial charge in [0.15, 0.2) is 11.9 Å². The number of benzene rings is 2. The Morgan fingerprint density at radius 1 is 1.15 bits per heavy atom. The first-order chi connectivity index (χ1) is 13.2. The third-order valence-corrected chi connectivity index (χ3v) is 4.39. The van der Waals surface area contributed by atoms with Crippen LogP contribution in [-0.4, -0.2) is 24.5 Å². The fraction of sp³-hybridized carbons (Fsp3) is 0.182. The first kappa shape index (κ1) is 17.2. The average molecular weight is 362 g/mol.